The second kappa shape index (κ2) is 5.35. The lowest BCUT2D eigenvalue weighted by Gasteiger charge is -1.96. The Labute approximate surface area is 92.4 Å². The third-order valence-electron chi connectivity index (χ3n) is 1.79. The molecule has 1 rings (SSSR count). The van der Waals surface area contributed by atoms with Crippen molar-refractivity contribution >= 4 is 11.6 Å². The maximum atomic E-state index is 8.86. The number of hydrogen-bond donors (Lipinski definition) is 0. The van der Waals surface area contributed by atoms with Crippen LogP contribution in [0.1, 0.15) is 17.7 Å². The molecule has 0 unspecified atom stereocenters. The van der Waals surface area contributed by atoms with E-state index in [4.69, 9.17) is 26.9 Å². The van der Waals surface area contributed by atoms with Crippen LogP contribution in [0.2, 0.25) is 5.15 Å². The number of aromatic nitrogens is 2. The summed E-state index contributed by atoms with van der Waals surface area (Å²) in [6.45, 7) is 0.621. The molecule has 15 heavy (non-hydrogen) atoms. The van der Waals surface area contributed by atoms with Crippen LogP contribution >= 0.6 is 11.6 Å². The van der Waals surface area contributed by atoms with Crippen molar-refractivity contribution in [1.29, 1.82) is 10.5 Å². The van der Waals surface area contributed by atoms with E-state index in [2.05, 4.69) is 5.10 Å². The molecule has 5 nitrogen and oxygen atoms in total. The summed E-state index contributed by atoms with van der Waals surface area (Å²) in [7, 11) is 1.52. The van der Waals surface area contributed by atoms with Gasteiger partial charge in [0.2, 0.25) is 0 Å². The van der Waals surface area contributed by atoms with Gasteiger partial charge in [-0.2, -0.15) is 15.6 Å². The molecule has 0 radical (unpaired) electrons. The first-order valence-electron chi connectivity index (χ1n) is 4.25. The number of hydrogen-bond acceptors (Lipinski definition) is 4. The molecule has 0 spiro atoms. The van der Waals surface area contributed by atoms with Gasteiger partial charge in [-0.25, -0.2) is 0 Å². The predicted molar refractivity (Wildman–Crippen MR) is 52.9 cm³/mol. The Hall–Kier alpha value is -1.56. The molecule has 0 amide bonds. The number of nitrogens with zero attached hydrogens (tertiary/aromatic N) is 4. The molecule has 0 saturated heterocycles. The maximum Gasteiger partial charge on any atom is 0.145 e. The fraction of sp³-hybridized carbons (Fsp3) is 0.444. The number of rotatable bonds is 4. The van der Waals surface area contributed by atoms with E-state index in [1.165, 1.54) is 11.8 Å². The van der Waals surface area contributed by atoms with Gasteiger partial charge in [-0.05, 0) is 0 Å². The quantitative estimate of drug-likeness (QED) is 0.776. The minimum atomic E-state index is 0.238. The molecule has 0 fully saturated rings. The van der Waals surface area contributed by atoms with E-state index in [1.54, 1.807) is 0 Å². The molecule has 0 aliphatic heterocycles. The largest absolute Gasteiger partial charge is 0.378 e. The van der Waals surface area contributed by atoms with Gasteiger partial charge in [0.05, 0.1) is 25.6 Å². The first kappa shape index (κ1) is 11.5. The van der Waals surface area contributed by atoms with Gasteiger partial charge in [0.1, 0.15) is 22.5 Å². The van der Waals surface area contributed by atoms with Gasteiger partial charge >= 0.3 is 0 Å². The maximum absolute atomic E-state index is 8.86. The number of ether oxygens (including phenoxy) is 1. The fourth-order valence-corrected chi connectivity index (χ4v) is 1.41. The highest BCUT2D eigenvalue weighted by Gasteiger charge is 2.15. The SMILES string of the molecule is COCc1nn(CCC#N)c(Cl)c1C#N. The van der Waals surface area contributed by atoms with E-state index in [-0.39, 0.29) is 11.8 Å². The summed E-state index contributed by atoms with van der Waals surface area (Å²) in [4.78, 5) is 0. The van der Waals surface area contributed by atoms with Gasteiger partial charge in [-0.1, -0.05) is 11.6 Å². The van der Waals surface area contributed by atoms with Crippen LogP contribution in [0.25, 0.3) is 0 Å². The molecule has 1 aromatic rings. The summed E-state index contributed by atoms with van der Waals surface area (Å²) in [5.41, 5.74) is 0.819. The fourth-order valence-electron chi connectivity index (χ4n) is 1.14. The van der Waals surface area contributed by atoms with E-state index in [0.29, 0.717) is 24.2 Å². The standard InChI is InChI=1S/C9H9ClN4O/c1-15-6-8-7(5-12)9(10)14(13-8)4-2-3-11/h2,4,6H2,1H3. The second-order valence-corrected chi connectivity index (χ2v) is 3.15. The van der Waals surface area contributed by atoms with Gasteiger partial charge < -0.3 is 4.74 Å². The van der Waals surface area contributed by atoms with Gasteiger partial charge in [-0.3, -0.25) is 4.68 Å². The first-order valence-corrected chi connectivity index (χ1v) is 4.63. The summed E-state index contributed by atoms with van der Waals surface area (Å²) in [5.74, 6) is 0. The van der Waals surface area contributed by atoms with Crippen LogP contribution in [0.4, 0.5) is 0 Å². The number of aryl methyl sites for hydroxylation is 1. The van der Waals surface area contributed by atoms with Crippen LogP contribution in [0, 0.1) is 22.7 Å². The van der Waals surface area contributed by atoms with Crippen LogP contribution in [0.3, 0.4) is 0 Å². The number of nitriles is 2. The Morgan fingerprint density at radius 1 is 1.53 bits per heavy atom. The van der Waals surface area contributed by atoms with Crippen molar-refractivity contribution in [3.63, 3.8) is 0 Å². The molecule has 6 heteroatoms. The monoisotopic (exact) mass is 224 g/mol. The van der Waals surface area contributed by atoms with Crippen molar-refractivity contribution in [3.05, 3.63) is 16.4 Å². The molecule has 78 valence electrons. The van der Waals surface area contributed by atoms with Crippen molar-refractivity contribution in [1.82, 2.24) is 9.78 Å². The van der Waals surface area contributed by atoms with E-state index < -0.39 is 0 Å². The Kier molecular flexibility index (Phi) is 4.11. The van der Waals surface area contributed by atoms with E-state index in [9.17, 15) is 0 Å². The summed E-state index contributed by atoms with van der Waals surface area (Å²) < 4.78 is 6.33. The molecule has 0 aliphatic rings. The number of methoxy groups -OCH3 is 1. The molecule has 1 heterocycles. The average Bonchev–Trinajstić information content (AvgIpc) is 2.52. The zero-order valence-corrected chi connectivity index (χ0v) is 8.95. The van der Waals surface area contributed by atoms with Crippen LogP contribution in [0.5, 0.6) is 0 Å². The van der Waals surface area contributed by atoms with Crippen molar-refractivity contribution in [3.8, 4) is 12.1 Å². The van der Waals surface area contributed by atoms with Crippen molar-refractivity contribution in [2.75, 3.05) is 7.11 Å². The Morgan fingerprint density at radius 2 is 2.27 bits per heavy atom. The molecule has 0 aromatic carbocycles. The Bertz CT molecular complexity index is 427. The summed E-state index contributed by atoms with van der Waals surface area (Å²) >= 11 is 5.91. The molecule has 0 aliphatic carbocycles. The second-order valence-electron chi connectivity index (χ2n) is 2.79. The van der Waals surface area contributed by atoms with Crippen LogP contribution < -0.4 is 0 Å². The minimum absolute atomic E-state index is 0.238. The highest BCUT2D eigenvalue weighted by atomic mass is 35.5. The molecule has 0 bridgehead atoms. The van der Waals surface area contributed by atoms with Gasteiger partial charge in [-0.15, -0.1) is 0 Å². The lowest BCUT2D eigenvalue weighted by Crippen LogP contribution is -2.00. The summed E-state index contributed by atoms with van der Waals surface area (Å²) in [6.07, 6.45) is 0.304. The molecular weight excluding hydrogens is 216 g/mol. The predicted octanol–water partition coefficient (Wildman–Crippen LogP) is 1.47. The molecule has 1 aromatic heterocycles. The Balaban J connectivity index is 3.00. The molecule has 0 atom stereocenters. The molecule has 0 saturated carbocycles. The lowest BCUT2D eigenvalue weighted by atomic mass is 10.3. The number of halogens is 1. The van der Waals surface area contributed by atoms with Crippen LogP contribution in [-0.4, -0.2) is 16.9 Å². The Morgan fingerprint density at radius 3 is 2.80 bits per heavy atom. The van der Waals surface area contributed by atoms with Gasteiger partial charge in [0.15, 0.2) is 0 Å². The van der Waals surface area contributed by atoms with Crippen molar-refractivity contribution in [2.45, 2.75) is 19.6 Å². The average molecular weight is 225 g/mol. The van der Waals surface area contributed by atoms with Crippen LogP contribution in [0.15, 0.2) is 0 Å². The summed E-state index contributed by atoms with van der Waals surface area (Å²) in [5, 5.41) is 21.6. The van der Waals surface area contributed by atoms with E-state index in [0.717, 1.165) is 0 Å². The minimum Gasteiger partial charge on any atom is -0.378 e. The van der Waals surface area contributed by atoms with E-state index >= 15 is 0 Å². The molecular formula is C9H9ClN4O. The van der Waals surface area contributed by atoms with Crippen molar-refractivity contribution < 1.29 is 4.74 Å². The topological polar surface area (TPSA) is 74.6 Å². The zero-order valence-electron chi connectivity index (χ0n) is 8.20. The first-order chi connectivity index (χ1) is 7.24. The van der Waals surface area contributed by atoms with Gasteiger partial charge in [0, 0.05) is 7.11 Å². The normalized spacial score (nSPS) is 9.60. The highest BCUT2D eigenvalue weighted by Crippen LogP contribution is 2.19. The third kappa shape index (κ3) is 2.47. The molecule has 0 N–H and O–H groups in total. The third-order valence-corrected chi connectivity index (χ3v) is 2.18. The van der Waals surface area contributed by atoms with E-state index in [1.807, 2.05) is 12.1 Å². The van der Waals surface area contributed by atoms with Crippen LogP contribution in [-0.2, 0) is 17.9 Å². The smallest absolute Gasteiger partial charge is 0.145 e. The lowest BCUT2D eigenvalue weighted by molar-refractivity contribution is 0.180. The van der Waals surface area contributed by atoms with Crippen molar-refractivity contribution in [2.24, 2.45) is 0 Å². The highest BCUT2D eigenvalue weighted by molar-refractivity contribution is 6.30. The summed E-state index contributed by atoms with van der Waals surface area (Å²) in [6, 6.07) is 3.96. The zero-order chi connectivity index (χ0) is 11.3. The van der Waals surface area contributed by atoms with Gasteiger partial charge in [0.25, 0.3) is 0 Å².